The summed E-state index contributed by atoms with van der Waals surface area (Å²) >= 11 is 0. The maximum atomic E-state index is 10.4. The maximum Gasteiger partial charge on any atom is 0.122 e. The average molecular weight is 262 g/mol. The molecule has 104 valence electrons. The Hall–Kier alpha value is -1.06. The predicted molar refractivity (Wildman–Crippen MR) is 73.4 cm³/mol. The van der Waals surface area contributed by atoms with E-state index in [-0.39, 0.29) is 5.60 Å². The maximum absolute atomic E-state index is 10.4. The SMILES string of the molecule is COC1(CC(O)c2ccc3c(c2)CCCO3)CCC1. The van der Waals surface area contributed by atoms with E-state index in [1.165, 1.54) is 12.0 Å². The number of benzene rings is 1. The van der Waals surface area contributed by atoms with Crippen LogP contribution in [-0.4, -0.2) is 24.4 Å². The van der Waals surface area contributed by atoms with Gasteiger partial charge < -0.3 is 14.6 Å². The highest BCUT2D eigenvalue weighted by Crippen LogP contribution is 2.42. The molecule has 3 heteroatoms. The highest BCUT2D eigenvalue weighted by atomic mass is 16.5. The second kappa shape index (κ2) is 5.14. The van der Waals surface area contributed by atoms with Gasteiger partial charge in [-0.25, -0.2) is 0 Å². The summed E-state index contributed by atoms with van der Waals surface area (Å²) in [7, 11) is 1.76. The standard InChI is InChI=1S/C16H22O3/c1-18-16(7-3-8-16)11-14(17)12-5-6-15-13(10-12)4-2-9-19-15/h5-6,10,14,17H,2-4,7-9,11H2,1H3. The molecule has 1 aromatic carbocycles. The Morgan fingerprint density at radius 3 is 2.89 bits per heavy atom. The number of aryl methyl sites for hydroxylation is 1. The minimum absolute atomic E-state index is 0.0914. The van der Waals surface area contributed by atoms with Crippen molar-refractivity contribution >= 4 is 0 Å². The fourth-order valence-corrected chi connectivity index (χ4v) is 3.12. The fraction of sp³-hybridized carbons (Fsp3) is 0.625. The summed E-state index contributed by atoms with van der Waals surface area (Å²) in [5.41, 5.74) is 2.13. The highest BCUT2D eigenvalue weighted by molar-refractivity contribution is 5.39. The Bertz CT molecular complexity index is 446. The molecule has 0 amide bonds. The zero-order valence-electron chi connectivity index (χ0n) is 11.5. The number of hydrogen-bond donors (Lipinski definition) is 1. The predicted octanol–water partition coefficient (Wildman–Crippen LogP) is 3.00. The summed E-state index contributed by atoms with van der Waals surface area (Å²) < 4.78 is 11.2. The van der Waals surface area contributed by atoms with Crippen LogP contribution < -0.4 is 4.74 Å². The molecule has 1 atom stereocenters. The summed E-state index contributed by atoms with van der Waals surface area (Å²) in [5, 5.41) is 10.4. The molecule has 3 rings (SSSR count). The van der Waals surface area contributed by atoms with Gasteiger partial charge in [0.05, 0.1) is 18.3 Å². The van der Waals surface area contributed by atoms with E-state index in [1.807, 2.05) is 12.1 Å². The van der Waals surface area contributed by atoms with E-state index < -0.39 is 6.10 Å². The third kappa shape index (κ3) is 2.49. The molecule has 0 spiro atoms. The molecule has 1 saturated carbocycles. The molecule has 0 bridgehead atoms. The quantitative estimate of drug-likeness (QED) is 0.906. The van der Waals surface area contributed by atoms with Crippen LogP contribution >= 0.6 is 0 Å². The number of ether oxygens (including phenoxy) is 2. The van der Waals surface area contributed by atoms with Crippen molar-refractivity contribution in [2.45, 2.75) is 50.2 Å². The van der Waals surface area contributed by atoms with Gasteiger partial charge in [-0.3, -0.25) is 0 Å². The third-order valence-corrected chi connectivity index (χ3v) is 4.58. The van der Waals surface area contributed by atoms with Gasteiger partial charge in [0.2, 0.25) is 0 Å². The zero-order chi connectivity index (χ0) is 13.3. The first-order valence-electron chi connectivity index (χ1n) is 7.21. The topological polar surface area (TPSA) is 38.7 Å². The minimum Gasteiger partial charge on any atom is -0.493 e. The van der Waals surface area contributed by atoms with Crippen molar-refractivity contribution < 1.29 is 14.6 Å². The lowest BCUT2D eigenvalue weighted by Crippen LogP contribution is -2.40. The number of aliphatic hydroxyl groups excluding tert-OH is 1. The van der Waals surface area contributed by atoms with Gasteiger partial charge in [0.1, 0.15) is 5.75 Å². The molecule has 2 aliphatic rings. The van der Waals surface area contributed by atoms with Gasteiger partial charge in [0.15, 0.2) is 0 Å². The van der Waals surface area contributed by atoms with E-state index in [4.69, 9.17) is 9.47 Å². The molecular formula is C16H22O3. The molecule has 1 heterocycles. The number of methoxy groups -OCH3 is 1. The monoisotopic (exact) mass is 262 g/mol. The van der Waals surface area contributed by atoms with Crippen LogP contribution in [0.2, 0.25) is 0 Å². The fourth-order valence-electron chi connectivity index (χ4n) is 3.12. The Morgan fingerprint density at radius 1 is 1.37 bits per heavy atom. The summed E-state index contributed by atoms with van der Waals surface area (Å²) in [6, 6.07) is 6.07. The molecule has 1 N–H and O–H groups in total. The van der Waals surface area contributed by atoms with Crippen LogP contribution in [0, 0.1) is 0 Å². The van der Waals surface area contributed by atoms with Crippen molar-refractivity contribution in [2.75, 3.05) is 13.7 Å². The first kappa shape index (κ1) is 12.9. The first-order chi connectivity index (χ1) is 9.22. The molecule has 1 aliphatic carbocycles. The highest BCUT2D eigenvalue weighted by Gasteiger charge is 2.39. The van der Waals surface area contributed by atoms with Crippen molar-refractivity contribution in [3.05, 3.63) is 29.3 Å². The first-order valence-corrected chi connectivity index (χ1v) is 7.21. The van der Waals surface area contributed by atoms with Crippen LogP contribution in [-0.2, 0) is 11.2 Å². The zero-order valence-corrected chi connectivity index (χ0v) is 11.5. The minimum atomic E-state index is -0.438. The van der Waals surface area contributed by atoms with E-state index in [2.05, 4.69) is 6.07 Å². The lowest BCUT2D eigenvalue weighted by molar-refractivity contribution is -0.0999. The molecule has 1 aliphatic heterocycles. The second-order valence-electron chi connectivity index (χ2n) is 5.78. The lowest BCUT2D eigenvalue weighted by Gasteiger charge is -2.42. The smallest absolute Gasteiger partial charge is 0.122 e. The Kier molecular flexibility index (Phi) is 3.50. The van der Waals surface area contributed by atoms with Gasteiger partial charge in [0, 0.05) is 13.5 Å². The Labute approximate surface area is 114 Å². The average Bonchev–Trinajstić information content (AvgIpc) is 2.42. The van der Waals surface area contributed by atoms with Gasteiger partial charge >= 0.3 is 0 Å². The van der Waals surface area contributed by atoms with Crippen molar-refractivity contribution in [2.24, 2.45) is 0 Å². The number of rotatable bonds is 4. The van der Waals surface area contributed by atoms with E-state index in [1.54, 1.807) is 7.11 Å². The van der Waals surface area contributed by atoms with Gasteiger partial charge in [-0.1, -0.05) is 6.07 Å². The Balaban J connectivity index is 1.74. The molecule has 1 aromatic rings. The normalized spacial score (nSPS) is 22.0. The van der Waals surface area contributed by atoms with Crippen LogP contribution in [0.15, 0.2) is 18.2 Å². The van der Waals surface area contributed by atoms with Crippen molar-refractivity contribution in [1.29, 1.82) is 0 Å². The van der Waals surface area contributed by atoms with Crippen LogP contribution in [0.4, 0.5) is 0 Å². The van der Waals surface area contributed by atoms with Crippen molar-refractivity contribution in [3.63, 3.8) is 0 Å². The summed E-state index contributed by atoms with van der Waals surface area (Å²) in [4.78, 5) is 0. The summed E-state index contributed by atoms with van der Waals surface area (Å²) in [5.74, 6) is 0.979. The van der Waals surface area contributed by atoms with Gasteiger partial charge in [0.25, 0.3) is 0 Å². The van der Waals surface area contributed by atoms with Crippen LogP contribution in [0.1, 0.15) is 49.3 Å². The van der Waals surface area contributed by atoms with Crippen molar-refractivity contribution in [1.82, 2.24) is 0 Å². The molecule has 1 fully saturated rings. The molecular weight excluding hydrogens is 240 g/mol. The molecule has 3 nitrogen and oxygen atoms in total. The van der Waals surface area contributed by atoms with Crippen LogP contribution in [0.3, 0.4) is 0 Å². The molecule has 0 radical (unpaired) electrons. The van der Waals surface area contributed by atoms with Gasteiger partial charge in [-0.2, -0.15) is 0 Å². The van der Waals surface area contributed by atoms with E-state index in [0.717, 1.165) is 43.6 Å². The van der Waals surface area contributed by atoms with E-state index >= 15 is 0 Å². The number of hydrogen-bond acceptors (Lipinski definition) is 3. The summed E-state index contributed by atoms with van der Waals surface area (Å²) in [6.45, 7) is 0.807. The van der Waals surface area contributed by atoms with Crippen LogP contribution in [0.25, 0.3) is 0 Å². The van der Waals surface area contributed by atoms with Crippen LogP contribution in [0.5, 0.6) is 5.75 Å². The van der Waals surface area contributed by atoms with E-state index in [9.17, 15) is 5.11 Å². The largest absolute Gasteiger partial charge is 0.493 e. The second-order valence-corrected chi connectivity index (χ2v) is 5.78. The molecule has 19 heavy (non-hydrogen) atoms. The summed E-state index contributed by atoms with van der Waals surface area (Å²) in [6.07, 6.45) is 5.71. The number of aliphatic hydroxyl groups is 1. The van der Waals surface area contributed by atoms with Gasteiger partial charge in [-0.05, 0) is 55.4 Å². The van der Waals surface area contributed by atoms with E-state index in [0.29, 0.717) is 6.42 Å². The molecule has 1 unspecified atom stereocenters. The van der Waals surface area contributed by atoms with Gasteiger partial charge in [-0.15, -0.1) is 0 Å². The van der Waals surface area contributed by atoms with Crippen molar-refractivity contribution in [3.8, 4) is 5.75 Å². The Morgan fingerprint density at radius 2 is 2.21 bits per heavy atom. The lowest BCUT2D eigenvalue weighted by atomic mass is 9.75. The molecule has 0 saturated heterocycles. The number of fused-ring (bicyclic) bond motifs is 1. The molecule has 0 aromatic heterocycles. The third-order valence-electron chi connectivity index (χ3n) is 4.58.